The van der Waals surface area contributed by atoms with Crippen LogP contribution in [0.5, 0.6) is 5.75 Å². The summed E-state index contributed by atoms with van der Waals surface area (Å²) in [6.07, 6.45) is 0. The molecule has 0 N–H and O–H groups in total. The Morgan fingerprint density at radius 1 is 1.25 bits per heavy atom. The summed E-state index contributed by atoms with van der Waals surface area (Å²) in [5, 5.41) is 0.378. The molecule has 5 heteroatoms. The van der Waals surface area contributed by atoms with Crippen LogP contribution in [-0.4, -0.2) is 25.5 Å². The number of Topliss-reactive ketones (excluding diaryl/α,β-unsaturated/α-hetero) is 1. The van der Waals surface area contributed by atoms with Gasteiger partial charge in [0.1, 0.15) is 5.75 Å². The number of ether oxygens (including phenoxy) is 2. The third kappa shape index (κ3) is 3.51. The normalized spacial score (nSPS) is 11.1. The lowest BCUT2D eigenvalue weighted by atomic mass is 9.84. The first-order valence-corrected chi connectivity index (χ1v) is 6.69. The van der Waals surface area contributed by atoms with Crippen LogP contribution in [0.15, 0.2) is 12.1 Å². The Balaban J connectivity index is 3.43. The van der Waals surface area contributed by atoms with Crippen molar-refractivity contribution in [3.8, 4) is 5.75 Å². The molecule has 0 fully saturated rings. The highest BCUT2D eigenvalue weighted by Gasteiger charge is 2.28. The van der Waals surface area contributed by atoms with Crippen molar-refractivity contribution in [1.29, 1.82) is 0 Å². The van der Waals surface area contributed by atoms with Crippen LogP contribution in [0.4, 0.5) is 0 Å². The Hall–Kier alpha value is -1.55. The molecule has 0 heterocycles. The van der Waals surface area contributed by atoms with Crippen LogP contribution in [0.3, 0.4) is 0 Å². The predicted molar refractivity (Wildman–Crippen MR) is 77.7 cm³/mol. The summed E-state index contributed by atoms with van der Waals surface area (Å²) in [6, 6.07) is 3.16. The summed E-state index contributed by atoms with van der Waals surface area (Å²) >= 11 is 6.05. The molecule has 0 bridgehead atoms. The minimum atomic E-state index is -0.909. The lowest BCUT2D eigenvalue weighted by Crippen LogP contribution is -2.21. The van der Waals surface area contributed by atoms with Gasteiger partial charge >= 0.3 is 5.97 Å². The Morgan fingerprint density at radius 2 is 1.85 bits per heavy atom. The molecular weight excluding hydrogens is 280 g/mol. The molecule has 0 aromatic heterocycles. The van der Waals surface area contributed by atoms with Crippen molar-refractivity contribution in [1.82, 2.24) is 0 Å². The topological polar surface area (TPSA) is 52.6 Å². The predicted octanol–water partition coefficient (Wildman–Crippen LogP) is 3.39. The molecule has 20 heavy (non-hydrogen) atoms. The molecule has 1 aromatic carbocycles. The van der Waals surface area contributed by atoms with Gasteiger partial charge in [0.15, 0.2) is 0 Å². The molecule has 0 aliphatic heterocycles. The largest absolute Gasteiger partial charge is 0.496 e. The first-order chi connectivity index (χ1) is 9.22. The second-order valence-corrected chi connectivity index (χ2v) is 5.77. The number of halogens is 1. The zero-order valence-electron chi connectivity index (χ0n) is 12.4. The van der Waals surface area contributed by atoms with E-state index in [-0.39, 0.29) is 17.6 Å². The number of hydrogen-bond donors (Lipinski definition) is 0. The van der Waals surface area contributed by atoms with Crippen LogP contribution >= 0.6 is 11.6 Å². The standard InChI is InChI=1S/C15H19ClO4/c1-6-20-14(18)12(17)10-7-9(16)8-11(13(10)19-5)15(2,3)4/h7-8H,6H2,1-5H3. The number of benzene rings is 1. The van der Waals surface area contributed by atoms with E-state index in [4.69, 9.17) is 21.1 Å². The van der Waals surface area contributed by atoms with Gasteiger partial charge in [-0.3, -0.25) is 4.79 Å². The van der Waals surface area contributed by atoms with Gasteiger partial charge in [-0.25, -0.2) is 4.79 Å². The number of rotatable bonds is 4. The Kier molecular flexibility index (Phi) is 5.17. The SMILES string of the molecule is CCOC(=O)C(=O)c1cc(Cl)cc(C(C)(C)C)c1OC. The highest BCUT2D eigenvalue weighted by Crippen LogP contribution is 2.36. The van der Waals surface area contributed by atoms with Crippen LogP contribution in [0.25, 0.3) is 0 Å². The van der Waals surface area contributed by atoms with Crippen molar-refractivity contribution in [3.63, 3.8) is 0 Å². The van der Waals surface area contributed by atoms with Gasteiger partial charge in [0.05, 0.1) is 19.3 Å². The monoisotopic (exact) mass is 298 g/mol. The van der Waals surface area contributed by atoms with Crippen LogP contribution in [0.1, 0.15) is 43.6 Å². The van der Waals surface area contributed by atoms with Gasteiger partial charge in [-0.05, 0) is 24.5 Å². The van der Waals surface area contributed by atoms with E-state index in [2.05, 4.69) is 0 Å². The van der Waals surface area contributed by atoms with E-state index in [1.807, 2.05) is 20.8 Å². The number of hydrogen-bond acceptors (Lipinski definition) is 4. The third-order valence-corrected chi connectivity index (χ3v) is 2.99. The minimum absolute atomic E-state index is 0.128. The van der Waals surface area contributed by atoms with Crippen molar-refractivity contribution in [2.24, 2.45) is 0 Å². The summed E-state index contributed by atoms with van der Waals surface area (Å²) in [6.45, 7) is 7.69. The molecule has 0 saturated carbocycles. The maximum absolute atomic E-state index is 12.1. The van der Waals surface area contributed by atoms with Gasteiger partial charge in [0.25, 0.3) is 5.78 Å². The van der Waals surface area contributed by atoms with Gasteiger partial charge in [-0.1, -0.05) is 32.4 Å². The highest BCUT2D eigenvalue weighted by atomic mass is 35.5. The third-order valence-electron chi connectivity index (χ3n) is 2.77. The number of esters is 1. The average Bonchev–Trinajstić information content (AvgIpc) is 2.36. The van der Waals surface area contributed by atoms with E-state index in [0.29, 0.717) is 10.8 Å². The van der Waals surface area contributed by atoms with Crippen LogP contribution < -0.4 is 4.74 Å². The second kappa shape index (κ2) is 6.27. The summed E-state index contributed by atoms with van der Waals surface area (Å²) in [5.41, 5.74) is 0.614. The maximum Gasteiger partial charge on any atom is 0.379 e. The summed E-state index contributed by atoms with van der Waals surface area (Å²) in [5.74, 6) is -1.30. The molecule has 1 aromatic rings. The smallest absolute Gasteiger partial charge is 0.379 e. The van der Waals surface area contributed by atoms with Gasteiger partial charge in [0, 0.05) is 10.6 Å². The fourth-order valence-corrected chi connectivity index (χ4v) is 2.06. The van der Waals surface area contributed by atoms with Crippen LogP contribution in [0.2, 0.25) is 5.02 Å². The molecule has 4 nitrogen and oxygen atoms in total. The average molecular weight is 299 g/mol. The maximum atomic E-state index is 12.1. The zero-order valence-corrected chi connectivity index (χ0v) is 13.1. The van der Waals surface area contributed by atoms with Gasteiger partial charge in [-0.15, -0.1) is 0 Å². The number of ketones is 1. The molecule has 0 saturated heterocycles. The Labute approximate surface area is 124 Å². The number of methoxy groups -OCH3 is 1. The highest BCUT2D eigenvalue weighted by molar-refractivity contribution is 6.42. The fraction of sp³-hybridized carbons (Fsp3) is 0.467. The molecule has 0 aliphatic carbocycles. The first-order valence-electron chi connectivity index (χ1n) is 6.31. The fourth-order valence-electron chi connectivity index (χ4n) is 1.85. The molecule has 110 valence electrons. The number of carbonyl (C=O) groups is 2. The number of carbonyl (C=O) groups excluding carboxylic acids is 2. The first kappa shape index (κ1) is 16.5. The molecule has 0 atom stereocenters. The van der Waals surface area contributed by atoms with Crippen molar-refractivity contribution in [3.05, 3.63) is 28.3 Å². The van der Waals surface area contributed by atoms with E-state index in [1.54, 1.807) is 13.0 Å². The molecule has 0 amide bonds. The van der Waals surface area contributed by atoms with Gasteiger partial charge < -0.3 is 9.47 Å². The lowest BCUT2D eigenvalue weighted by molar-refractivity contribution is -0.137. The van der Waals surface area contributed by atoms with Crippen molar-refractivity contribution in [2.45, 2.75) is 33.1 Å². The van der Waals surface area contributed by atoms with Crippen LogP contribution in [-0.2, 0) is 14.9 Å². The zero-order chi connectivity index (χ0) is 15.5. The van der Waals surface area contributed by atoms with Crippen molar-refractivity contribution < 1.29 is 19.1 Å². The molecule has 0 aliphatic rings. The quantitative estimate of drug-likeness (QED) is 0.486. The van der Waals surface area contributed by atoms with E-state index >= 15 is 0 Å². The summed E-state index contributed by atoms with van der Waals surface area (Å²) in [7, 11) is 1.46. The van der Waals surface area contributed by atoms with E-state index in [9.17, 15) is 9.59 Å². The Bertz CT molecular complexity index is 529. The summed E-state index contributed by atoms with van der Waals surface area (Å²) < 4.78 is 10.1. The van der Waals surface area contributed by atoms with Crippen LogP contribution in [0, 0.1) is 0 Å². The van der Waals surface area contributed by atoms with E-state index in [1.165, 1.54) is 13.2 Å². The van der Waals surface area contributed by atoms with E-state index < -0.39 is 11.8 Å². The van der Waals surface area contributed by atoms with Crippen molar-refractivity contribution >= 4 is 23.4 Å². The molecular formula is C15H19ClO4. The van der Waals surface area contributed by atoms with E-state index in [0.717, 1.165) is 5.56 Å². The van der Waals surface area contributed by atoms with Gasteiger partial charge in [0.2, 0.25) is 0 Å². The van der Waals surface area contributed by atoms with Gasteiger partial charge in [-0.2, -0.15) is 0 Å². The lowest BCUT2D eigenvalue weighted by Gasteiger charge is -2.23. The summed E-state index contributed by atoms with van der Waals surface area (Å²) in [4.78, 5) is 23.7. The minimum Gasteiger partial charge on any atom is -0.496 e. The second-order valence-electron chi connectivity index (χ2n) is 5.33. The Morgan fingerprint density at radius 3 is 2.30 bits per heavy atom. The molecule has 0 spiro atoms. The molecule has 0 unspecified atom stereocenters. The molecule has 0 radical (unpaired) electrons. The van der Waals surface area contributed by atoms with Crippen molar-refractivity contribution in [2.75, 3.05) is 13.7 Å². The molecule has 1 rings (SSSR count).